The van der Waals surface area contributed by atoms with Crippen LogP contribution in [0.2, 0.25) is 0 Å². The number of hydrogen-bond acceptors (Lipinski definition) is 3. The summed E-state index contributed by atoms with van der Waals surface area (Å²) in [6.45, 7) is 0.263. The molecule has 2 rings (SSSR count). The molecule has 0 bridgehead atoms. The van der Waals surface area contributed by atoms with E-state index in [0.29, 0.717) is 12.2 Å². The maximum absolute atomic E-state index is 11.5. The third-order valence-corrected chi connectivity index (χ3v) is 1.87. The van der Waals surface area contributed by atoms with Crippen molar-refractivity contribution in [3.63, 3.8) is 0 Å². The molecule has 2 heterocycles. The topological polar surface area (TPSA) is 59.5 Å². The number of imidazole rings is 1. The quantitative estimate of drug-likeness (QED) is 0.675. The molecule has 0 amide bonds. The molecule has 68 valence electrons. The Bertz CT molecular complexity index is 471. The Morgan fingerprint density at radius 2 is 2.23 bits per heavy atom. The van der Waals surface area contributed by atoms with Crippen LogP contribution < -0.4 is 5.56 Å². The minimum atomic E-state index is -0.179. The summed E-state index contributed by atoms with van der Waals surface area (Å²) in [5.74, 6) is 0. The van der Waals surface area contributed by atoms with Gasteiger partial charge in [-0.15, -0.1) is 0 Å². The molecule has 5 heteroatoms. The summed E-state index contributed by atoms with van der Waals surface area (Å²) >= 11 is 0. The minimum Gasteiger partial charge on any atom is -0.395 e. The van der Waals surface area contributed by atoms with Gasteiger partial charge in [0.05, 0.1) is 6.61 Å². The molecule has 0 spiro atoms. The molecular weight excluding hydrogens is 170 g/mol. The second-order valence-electron chi connectivity index (χ2n) is 2.68. The predicted molar refractivity (Wildman–Crippen MR) is 46.5 cm³/mol. The molecule has 0 saturated carbocycles. The first-order valence-corrected chi connectivity index (χ1v) is 3.96. The first-order valence-electron chi connectivity index (χ1n) is 3.96. The Labute approximate surface area is 73.9 Å². The Morgan fingerprint density at radius 3 is 3.00 bits per heavy atom. The van der Waals surface area contributed by atoms with E-state index in [4.69, 9.17) is 5.11 Å². The van der Waals surface area contributed by atoms with Gasteiger partial charge in [0.1, 0.15) is 0 Å². The Morgan fingerprint density at radius 1 is 1.38 bits per heavy atom. The van der Waals surface area contributed by atoms with Gasteiger partial charge in [-0.1, -0.05) is 0 Å². The fourth-order valence-electron chi connectivity index (χ4n) is 1.23. The second-order valence-corrected chi connectivity index (χ2v) is 2.68. The van der Waals surface area contributed by atoms with Gasteiger partial charge in [-0.2, -0.15) is 0 Å². The first-order chi connectivity index (χ1) is 6.33. The van der Waals surface area contributed by atoms with Crippen molar-refractivity contribution in [1.82, 2.24) is 14.0 Å². The number of hydrogen-bond donors (Lipinski definition) is 1. The van der Waals surface area contributed by atoms with Crippen LogP contribution in [0, 0.1) is 0 Å². The van der Waals surface area contributed by atoms with Crippen LogP contribution in [-0.2, 0) is 6.54 Å². The Kier molecular flexibility index (Phi) is 1.86. The molecule has 0 aliphatic heterocycles. The van der Waals surface area contributed by atoms with Crippen molar-refractivity contribution in [3.8, 4) is 0 Å². The van der Waals surface area contributed by atoms with Crippen molar-refractivity contribution in [2.24, 2.45) is 0 Å². The largest absolute Gasteiger partial charge is 0.395 e. The molecule has 0 radical (unpaired) electrons. The Balaban J connectivity index is 2.67. The van der Waals surface area contributed by atoms with Gasteiger partial charge in [0.25, 0.3) is 5.56 Å². The van der Waals surface area contributed by atoms with E-state index in [0.717, 1.165) is 0 Å². The number of rotatable bonds is 2. The maximum atomic E-state index is 11.5. The minimum absolute atomic E-state index is 0.0449. The Hall–Kier alpha value is -1.62. The highest BCUT2D eigenvalue weighted by atomic mass is 16.3. The monoisotopic (exact) mass is 179 g/mol. The van der Waals surface area contributed by atoms with Gasteiger partial charge in [0, 0.05) is 31.3 Å². The van der Waals surface area contributed by atoms with Crippen molar-refractivity contribution < 1.29 is 5.11 Å². The highest BCUT2D eigenvalue weighted by molar-refractivity contribution is 5.34. The maximum Gasteiger partial charge on any atom is 0.294 e. The molecular formula is C8H9N3O2. The van der Waals surface area contributed by atoms with Crippen LogP contribution >= 0.6 is 0 Å². The van der Waals surface area contributed by atoms with Crippen LogP contribution in [-0.4, -0.2) is 25.7 Å². The average molecular weight is 179 g/mol. The lowest BCUT2D eigenvalue weighted by atomic mass is 10.6. The number of nitrogens with zero attached hydrogens (tertiary/aromatic N) is 3. The van der Waals surface area contributed by atoms with Crippen LogP contribution in [0.15, 0.2) is 29.6 Å². The summed E-state index contributed by atoms with van der Waals surface area (Å²) in [7, 11) is 0. The highest BCUT2D eigenvalue weighted by Gasteiger charge is 2.01. The molecule has 0 fully saturated rings. The van der Waals surface area contributed by atoms with Crippen molar-refractivity contribution in [2.75, 3.05) is 6.61 Å². The van der Waals surface area contributed by atoms with Gasteiger partial charge in [-0.3, -0.25) is 4.79 Å². The van der Waals surface area contributed by atoms with Gasteiger partial charge in [-0.05, 0) is 0 Å². The van der Waals surface area contributed by atoms with E-state index in [-0.39, 0.29) is 12.2 Å². The van der Waals surface area contributed by atoms with E-state index in [1.807, 2.05) is 0 Å². The molecule has 2 aromatic heterocycles. The molecule has 0 atom stereocenters. The van der Waals surface area contributed by atoms with E-state index in [2.05, 4.69) is 4.98 Å². The van der Waals surface area contributed by atoms with Gasteiger partial charge in [0.2, 0.25) is 5.65 Å². The summed E-state index contributed by atoms with van der Waals surface area (Å²) < 4.78 is 3.08. The second kappa shape index (κ2) is 3.02. The van der Waals surface area contributed by atoms with E-state index < -0.39 is 0 Å². The number of fused-ring (bicyclic) bond motifs is 1. The first kappa shape index (κ1) is 8.00. The van der Waals surface area contributed by atoms with Gasteiger partial charge in [0.15, 0.2) is 0 Å². The third kappa shape index (κ3) is 1.23. The highest BCUT2D eigenvalue weighted by Crippen LogP contribution is 1.92. The third-order valence-electron chi connectivity index (χ3n) is 1.87. The lowest BCUT2D eigenvalue weighted by molar-refractivity contribution is 0.274. The summed E-state index contributed by atoms with van der Waals surface area (Å²) in [6.07, 6.45) is 6.65. The number of aliphatic hydroxyl groups is 1. The van der Waals surface area contributed by atoms with Crippen molar-refractivity contribution in [3.05, 3.63) is 35.1 Å². The van der Waals surface area contributed by atoms with Crippen LogP contribution in [0.5, 0.6) is 0 Å². The zero-order valence-electron chi connectivity index (χ0n) is 6.92. The molecule has 5 nitrogen and oxygen atoms in total. The molecule has 2 aromatic rings. The fourth-order valence-corrected chi connectivity index (χ4v) is 1.23. The van der Waals surface area contributed by atoms with Crippen LogP contribution in [0.3, 0.4) is 0 Å². The van der Waals surface area contributed by atoms with E-state index >= 15 is 0 Å². The van der Waals surface area contributed by atoms with Crippen molar-refractivity contribution >= 4 is 5.65 Å². The lowest BCUT2D eigenvalue weighted by Crippen LogP contribution is -2.22. The normalized spacial score (nSPS) is 10.8. The van der Waals surface area contributed by atoms with E-state index in [1.54, 1.807) is 29.2 Å². The van der Waals surface area contributed by atoms with Crippen molar-refractivity contribution in [2.45, 2.75) is 6.54 Å². The van der Waals surface area contributed by atoms with Crippen LogP contribution in [0.4, 0.5) is 0 Å². The summed E-state index contributed by atoms with van der Waals surface area (Å²) in [6, 6.07) is 0. The van der Waals surface area contributed by atoms with Gasteiger partial charge < -0.3 is 14.1 Å². The molecule has 0 aliphatic rings. The van der Waals surface area contributed by atoms with Crippen molar-refractivity contribution in [1.29, 1.82) is 0 Å². The molecule has 13 heavy (non-hydrogen) atoms. The number of aliphatic hydroxyl groups excluding tert-OH is 1. The standard InChI is InChI=1S/C8H9N3O2/c12-6-5-11-4-3-10-2-1-9-7(10)8(11)13/h1-4,12H,5-6H2. The SMILES string of the molecule is O=c1c2nccn2ccn1CCO. The smallest absolute Gasteiger partial charge is 0.294 e. The number of aromatic nitrogens is 3. The average Bonchev–Trinajstić information content (AvgIpc) is 2.58. The fraction of sp³-hybridized carbons (Fsp3) is 0.250. The molecule has 0 aliphatic carbocycles. The van der Waals surface area contributed by atoms with Crippen LogP contribution in [0.1, 0.15) is 0 Å². The van der Waals surface area contributed by atoms with E-state index in [9.17, 15) is 4.79 Å². The van der Waals surface area contributed by atoms with E-state index in [1.165, 1.54) is 4.57 Å². The summed E-state index contributed by atoms with van der Waals surface area (Å²) in [5, 5.41) is 8.68. The summed E-state index contributed by atoms with van der Waals surface area (Å²) in [4.78, 5) is 15.5. The van der Waals surface area contributed by atoms with Gasteiger partial charge >= 0.3 is 0 Å². The predicted octanol–water partition coefficient (Wildman–Crippen LogP) is -0.512. The zero-order valence-corrected chi connectivity index (χ0v) is 6.92. The van der Waals surface area contributed by atoms with Crippen LogP contribution in [0.25, 0.3) is 5.65 Å². The molecule has 0 saturated heterocycles. The molecule has 0 unspecified atom stereocenters. The van der Waals surface area contributed by atoms with Gasteiger partial charge in [-0.25, -0.2) is 4.98 Å². The molecule has 1 N–H and O–H groups in total. The molecule has 0 aromatic carbocycles. The zero-order chi connectivity index (χ0) is 9.26. The summed E-state index contributed by atoms with van der Waals surface area (Å²) in [5.41, 5.74) is 0.206. The lowest BCUT2D eigenvalue weighted by Gasteiger charge is -2.02.